The van der Waals surface area contributed by atoms with E-state index in [0.29, 0.717) is 30.0 Å². The summed E-state index contributed by atoms with van der Waals surface area (Å²) in [5.74, 6) is -3.31. The number of halogens is 5. The van der Waals surface area contributed by atoms with Gasteiger partial charge in [-0.1, -0.05) is 45.1 Å². The average Bonchev–Trinajstić information content (AvgIpc) is 2.72. The van der Waals surface area contributed by atoms with Gasteiger partial charge in [-0.2, -0.15) is 14.0 Å². The minimum atomic E-state index is -4.14. The smallest absolute Gasteiger partial charge is 0.429 e. The first-order chi connectivity index (χ1) is 14.7. The topological polar surface area (TPSA) is 33.0 Å². The van der Waals surface area contributed by atoms with E-state index in [4.69, 9.17) is 5.26 Å². The third-order valence-electron chi connectivity index (χ3n) is 6.11. The lowest BCUT2D eigenvalue weighted by Crippen LogP contribution is -2.24. The summed E-state index contributed by atoms with van der Waals surface area (Å²) < 4.78 is 75.0. The monoisotopic (exact) mass is 437 g/mol. The molecule has 0 heterocycles. The Hall–Kier alpha value is -2.62. The number of hydrogen-bond acceptors (Lipinski definition) is 2. The molecule has 0 aromatic heterocycles. The van der Waals surface area contributed by atoms with Crippen molar-refractivity contribution in [2.24, 2.45) is 11.8 Å². The van der Waals surface area contributed by atoms with E-state index in [1.54, 1.807) is 0 Å². The van der Waals surface area contributed by atoms with Crippen LogP contribution < -0.4 is 4.74 Å². The van der Waals surface area contributed by atoms with E-state index in [9.17, 15) is 22.0 Å². The van der Waals surface area contributed by atoms with Gasteiger partial charge in [0.05, 0.1) is 5.56 Å². The number of nitriles is 1. The third-order valence-corrected chi connectivity index (χ3v) is 6.11. The van der Waals surface area contributed by atoms with Gasteiger partial charge in [0.1, 0.15) is 34.8 Å². The van der Waals surface area contributed by atoms with E-state index in [1.165, 1.54) is 31.4 Å². The Labute approximate surface area is 178 Å². The summed E-state index contributed by atoms with van der Waals surface area (Å²) in [6.07, 6.45) is 3.21. The van der Waals surface area contributed by atoms with E-state index in [-0.39, 0.29) is 0 Å². The first kappa shape index (κ1) is 23.1. The van der Waals surface area contributed by atoms with Crippen molar-refractivity contribution >= 4 is 0 Å². The molecule has 0 bridgehead atoms. The van der Waals surface area contributed by atoms with Crippen LogP contribution in [0.3, 0.4) is 0 Å². The molecule has 0 spiro atoms. The Morgan fingerprint density at radius 1 is 0.968 bits per heavy atom. The molecule has 1 saturated carbocycles. The van der Waals surface area contributed by atoms with E-state index in [2.05, 4.69) is 11.7 Å². The minimum absolute atomic E-state index is 0.467. The number of benzene rings is 2. The van der Waals surface area contributed by atoms with Crippen LogP contribution in [-0.2, 0) is 12.5 Å². The standard InChI is InChI=1S/C24H24F5NO/c1-2-15-3-5-16(6-4-15)7-8-17-9-10-20(23(27)11-17)24(28,29)31-18-12-21(25)19(14-30)22(26)13-18/h9-13,15-16H,2-8H2,1H3/t15-,16-. The van der Waals surface area contributed by atoms with Crippen molar-refractivity contribution in [2.45, 2.75) is 58.0 Å². The fourth-order valence-corrected chi connectivity index (χ4v) is 4.17. The highest BCUT2D eigenvalue weighted by atomic mass is 19.3. The Kier molecular flexibility index (Phi) is 7.19. The summed E-state index contributed by atoms with van der Waals surface area (Å²) in [5, 5.41) is 8.64. The molecule has 0 N–H and O–H groups in total. The Bertz CT molecular complexity index is 938. The normalized spacial score (nSPS) is 19.1. The van der Waals surface area contributed by atoms with E-state index in [1.807, 2.05) is 0 Å². The lowest BCUT2D eigenvalue weighted by atomic mass is 9.78. The molecule has 2 nitrogen and oxygen atoms in total. The van der Waals surface area contributed by atoms with Crippen LogP contribution in [0.4, 0.5) is 22.0 Å². The first-order valence-corrected chi connectivity index (χ1v) is 10.5. The molecule has 31 heavy (non-hydrogen) atoms. The number of alkyl halides is 2. The molecule has 0 unspecified atom stereocenters. The molecular formula is C24H24F5NO. The van der Waals surface area contributed by atoms with Gasteiger partial charge in [-0.3, -0.25) is 0 Å². The minimum Gasteiger partial charge on any atom is -0.429 e. The second-order valence-corrected chi connectivity index (χ2v) is 8.14. The molecule has 3 rings (SSSR count). The van der Waals surface area contributed by atoms with Gasteiger partial charge in [-0.15, -0.1) is 0 Å². The highest BCUT2D eigenvalue weighted by Crippen LogP contribution is 2.36. The Morgan fingerprint density at radius 2 is 1.58 bits per heavy atom. The van der Waals surface area contributed by atoms with Crippen molar-refractivity contribution in [3.05, 3.63) is 64.5 Å². The highest BCUT2D eigenvalue weighted by Gasteiger charge is 2.38. The van der Waals surface area contributed by atoms with E-state index < -0.39 is 40.4 Å². The molecule has 0 radical (unpaired) electrons. The Balaban J connectivity index is 1.66. The molecule has 0 atom stereocenters. The quantitative estimate of drug-likeness (QED) is 0.427. The SMILES string of the molecule is CC[C@H]1CC[C@H](CCc2ccc(C(F)(F)Oc3cc(F)c(C#N)c(F)c3)c(F)c2)CC1. The van der Waals surface area contributed by atoms with Gasteiger partial charge in [-0.05, 0) is 42.4 Å². The van der Waals surface area contributed by atoms with Crippen molar-refractivity contribution < 1.29 is 26.7 Å². The molecule has 166 valence electrons. The predicted molar refractivity (Wildman–Crippen MR) is 106 cm³/mol. The zero-order valence-corrected chi connectivity index (χ0v) is 17.2. The van der Waals surface area contributed by atoms with Gasteiger partial charge in [0, 0.05) is 12.1 Å². The molecule has 0 aliphatic heterocycles. The summed E-state index contributed by atoms with van der Waals surface area (Å²) in [6.45, 7) is 2.20. The van der Waals surface area contributed by atoms with Crippen molar-refractivity contribution in [3.63, 3.8) is 0 Å². The van der Waals surface area contributed by atoms with Gasteiger partial charge >= 0.3 is 6.11 Å². The zero-order chi connectivity index (χ0) is 22.6. The van der Waals surface area contributed by atoms with Gasteiger partial charge < -0.3 is 4.74 Å². The van der Waals surface area contributed by atoms with Gasteiger partial charge in [0.2, 0.25) is 0 Å². The second-order valence-electron chi connectivity index (χ2n) is 8.14. The summed E-state index contributed by atoms with van der Waals surface area (Å²) in [4.78, 5) is 0. The molecule has 1 aliphatic rings. The van der Waals surface area contributed by atoms with Crippen LogP contribution in [0.15, 0.2) is 30.3 Å². The first-order valence-electron chi connectivity index (χ1n) is 10.5. The van der Waals surface area contributed by atoms with E-state index >= 15 is 0 Å². The van der Waals surface area contributed by atoms with Gasteiger partial charge in [-0.25, -0.2) is 13.2 Å². The van der Waals surface area contributed by atoms with Crippen molar-refractivity contribution in [3.8, 4) is 11.8 Å². The molecular weight excluding hydrogens is 413 g/mol. The maximum atomic E-state index is 14.5. The summed E-state index contributed by atoms with van der Waals surface area (Å²) in [7, 11) is 0. The molecule has 1 fully saturated rings. The summed E-state index contributed by atoms with van der Waals surface area (Å²) in [6, 6.07) is 5.65. The summed E-state index contributed by atoms with van der Waals surface area (Å²) in [5.41, 5.74) is -1.32. The molecule has 2 aromatic carbocycles. The molecule has 0 saturated heterocycles. The zero-order valence-electron chi connectivity index (χ0n) is 17.2. The van der Waals surface area contributed by atoms with Crippen LogP contribution >= 0.6 is 0 Å². The van der Waals surface area contributed by atoms with Crippen LogP contribution in [0, 0.1) is 40.6 Å². The van der Waals surface area contributed by atoms with Crippen LogP contribution in [0.5, 0.6) is 5.75 Å². The fourth-order valence-electron chi connectivity index (χ4n) is 4.17. The molecule has 0 amide bonds. The average molecular weight is 437 g/mol. The van der Waals surface area contributed by atoms with Crippen molar-refractivity contribution in [1.29, 1.82) is 5.26 Å². The molecule has 2 aromatic rings. The number of ether oxygens (including phenoxy) is 1. The molecule has 7 heteroatoms. The van der Waals surface area contributed by atoms with Crippen LogP contribution in [0.1, 0.15) is 62.1 Å². The Morgan fingerprint density at radius 3 is 2.13 bits per heavy atom. The van der Waals surface area contributed by atoms with Crippen LogP contribution in [-0.4, -0.2) is 0 Å². The second kappa shape index (κ2) is 9.67. The van der Waals surface area contributed by atoms with Crippen LogP contribution in [0.2, 0.25) is 0 Å². The lowest BCUT2D eigenvalue weighted by molar-refractivity contribution is -0.187. The van der Waals surface area contributed by atoms with E-state index in [0.717, 1.165) is 37.3 Å². The maximum absolute atomic E-state index is 14.5. The number of nitrogens with zero attached hydrogens (tertiary/aromatic N) is 1. The maximum Gasteiger partial charge on any atom is 0.429 e. The lowest BCUT2D eigenvalue weighted by Gasteiger charge is -2.27. The summed E-state index contributed by atoms with van der Waals surface area (Å²) >= 11 is 0. The number of rotatable bonds is 7. The van der Waals surface area contributed by atoms with Gasteiger partial charge in [0.25, 0.3) is 0 Å². The molecule has 1 aliphatic carbocycles. The van der Waals surface area contributed by atoms with Crippen molar-refractivity contribution in [2.75, 3.05) is 0 Å². The highest BCUT2D eigenvalue weighted by molar-refractivity contribution is 5.38. The largest absolute Gasteiger partial charge is 0.429 e. The van der Waals surface area contributed by atoms with Gasteiger partial charge in [0.15, 0.2) is 0 Å². The third kappa shape index (κ3) is 5.55. The predicted octanol–water partition coefficient (Wildman–Crippen LogP) is 7.25. The number of aryl methyl sites for hydroxylation is 1. The number of hydrogen-bond donors (Lipinski definition) is 0. The van der Waals surface area contributed by atoms with Crippen molar-refractivity contribution in [1.82, 2.24) is 0 Å². The fraction of sp³-hybridized carbons (Fsp3) is 0.458. The van der Waals surface area contributed by atoms with Crippen LogP contribution in [0.25, 0.3) is 0 Å².